The summed E-state index contributed by atoms with van der Waals surface area (Å²) >= 11 is 2.98. The first-order valence-electron chi connectivity index (χ1n) is 11.6. The third kappa shape index (κ3) is 5.88. The molecule has 3 aromatic rings. The molecule has 0 aliphatic carbocycles. The van der Waals surface area contributed by atoms with Crippen LogP contribution >= 0.6 is 34.4 Å². The van der Waals surface area contributed by atoms with Crippen molar-refractivity contribution >= 4 is 57.5 Å². The zero-order valence-corrected chi connectivity index (χ0v) is 22.6. The fourth-order valence-electron chi connectivity index (χ4n) is 4.20. The molecule has 6 nitrogen and oxygen atoms in total. The second kappa shape index (κ2) is 11.1. The van der Waals surface area contributed by atoms with Crippen molar-refractivity contribution in [3.63, 3.8) is 0 Å². The Morgan fingerprint density at radius 3 is 2.57 bits per heavy atom. The Hall–Kier alpha value is -3.18. The van der Waals surface area contributed by atoms with Crippen molar-refractivity contribution in [2.24, 2.45) is 0 Å². The molecule has 2 aliphatic heterocycles. The van der Waals surface area contributed by atoms with Gasteiger partial charge in [-0.25, -0.2) is 4.39 Å². The summed E-state index contributed by atoms with van der Waals surface area (Å²) in [4.78, 5) is 41.4. The molecule has 5 rings (SSSR count). The second-order valence-corrected chi connectivity index (χ2v) is 10.9. The number of carbonyl (C=O) groups excluding carboxylic acids is 3. The van der Waals surface area contributed by atoms with E-state index in [4.69, 9.17) is 4.74 Å². The minimum atomic E-state index is -0.465. The van der Waals surface area contributed by atoms with Gasteiger partial charge in [-0.3, -0.25) is 19.3 Å². The standard InChI is InChI=1S/C28H22FIN2O4S/c29-22-8-5-18(6-9-22)17-36-24-10-7-19(13-23(24)30)14-25-27(34)32(28(35)37-25)16-26(33)31-12-11-20-3-1-2-4-21(20)15-31/h1-10,13-14H,11-12,15-17H2/b25-14-. The van der Waals surface area contributed by atoms with Crippen molar-refractivity contribution in [3.8, 4) is 5.75 Å². The first-order valence-corrected chi connectivity index (χ1v) is 13.5. The molecule has 3 amide bonds. The molecule has 2 aliphatic rings. The highest BCUT2D eigenvalue weighted by atomic mass is 127. The number of thioether (sulfide) groups is 1. The van der Waals surface area contributed by atoms with Crippen LogP contribution in [0.25, 0.3) is 6.08 Å². The van der Waals surface area contributed by atoms with Crippen LogP contribution in [0.5, 0.6) is 5.75 Å². The van der Waals surface area contributed by atoms with E-state index in [0.29, 0.717) is 25.4 Å². The average molecular weight is 628 g/mol. The first-order chi connectivity index (χ1) is 17.9. The summed E-state index contributed by atoms with van der Waals surface area (Å²) in [5.74, 6) is -0.347. The third-order valence-corrected chi connectivity index (χ3v) is 7.96. The van der Waals surface area contributed by atoms with E-state index in [1.807, 2.05) is 24.3 Å². The zero-order chi connectivity index (χ0) is 25.9. The third-order valence-electron chi connectivity index (χ3n) is 6.21. The van der Waals surface area contributed by atoms with Crippen LogP contribution in [0.15, 0.2) is 71.6 Å². The number of nitrogens with zero attached hydrogens (tertiary/aromatic N) is 2. The van der Waals surface area contributed by atoms with Gasteiger partial charge >= 0.3 is 0 Å². The fourth-order valence-corrected chi connectivity index (χ4v) is 5.73. The van der Waals surface area contributed by atoms with Crippen LogP contribution in [0.1, 0.15) is 22.3 Å². The average Bonchev–Trinajstić information content (AvgIpc) is 3.16. The highest BCUT2D eigenvalue weighted by Crippen LogP contribution is 2.33. The maximum Gasteiger partial charge on any atom is 0.294 e. The van der Waals surface area contributed by atoms with Gasteiger partial charge in [0.05, 0.1) is 8.48 Å². The number of rotatable bonds is 6. The van der Waals surface area contributed by atoms with Crippen molar-refractivity contribution in [1.29, 1.82) is 0 Å². The maximum atomic E-state index is 13.1. The van der Waals surface area contributed by atoms with Gasteiger partial charge in [-0.1, -0.05) is 42.5 Å². The van der Waals surface area contributed by atoms with Gasteiger partial charge in [0, 0.05) is 13.1 Å². The maximum absolute atomic E-state index is 13.1. The molecule has 0 radical (unpaired) electrons. The molecule has 9 heteroatoms. The Balaban J connectivity index is 1.22. The van der Waals surface area contributed by atoms with E-state index in [2.05, 4.69) is 28.7 Å². The molecule has 0 saturated carbocycles. The van der Waals surface area contributed by atoms with E-state index < -0.39 is 11.1 Å². The number of imide groups is 1. The normalized spacial score (nSPS) is 16.3. The highest BCUT2D eigenvalue weighted by molar-refractivity contribution is 14.1. The lowest BCUT2D eigenvalue weighted by Gasteiger charge is -2.29. The van der Waals surface area contributed by atoms with Crippen molar-refractivity contribution in [3.05, 3.63) is 103 Å². The highest BCUT2D eigenvalue weighted by Gasteiger charge is 2.37. The SMILES string of the molecule is O=C(CN1C(=O)S/C(=C\c2ccc(OCc3ccc(F)cc3)c(I)c2)C1=O)N1CCc2ccccc2C1. The fraction of sp³-hybridized carbons (Fsp3) is 0.179. The first kappa shape index (κ1) is 25.5. The van der Waals surface area contributed by atoms with Gasteiger partial charge < -0.3 is 9.64 Å². The lowest BCUT2D eigenvalue weighted by Crippen LogP contribution is -2.44. The molecular weight excluding hydrogens is 606 g/mol. The predicted octanol–water partition coefficient (Wildman–Crippen LogP) is 5.63. The van der Waals surface area contributed by atoms with Crippen LogP contribution in [-0.2, 0) is 29.2 Å². The molecule has 0 atom stereocenters. The number of hydrogen-bond donors (Lipinski definition) is 0. The summed E-state index contributed by atoms with van der Waals surface area (Å²) in [5.41, 5.74) is 3.90. The molecular formula is C28H22FIN2O4S. The quantitative estimate of drug-likeness (QED) is 0.262. The minimum absolute atomic E-state index is 0.241. The van der Waals surface area contributed by atoms with Gasteiger partial charge in [-0.2, -0.15) is 0 Å². The Labute approximate surface area is 231 Å². The van der Waals surface area contributed by atoms with Gasteiger partial charge in [0.2, 0.25) is 5.91 Å². The molecule has 0 N–H and O–H groups in total. The molecule has 37 heavy (non-hydrogen) atoms. The topological polar surface area (TPSA) is 66.9 Å². The van der Waals surface area contributed by atoms with Gasteiger partial charge in [-0.15, -0.1) is 0 Å². The summed E-state index contributed by atoms with van der Waals surface area (Å²) in [5, 5.41) is -0.448. The molecule has 3 aromatic carbocycles. The number of benzene rings is 3. The van der Waals surface area contributed by atoms with Crippen molar-refractivity contribution in [1.82, 2.24) is 9.80 Å². The number of halogens is 2. The molecule has 2 heterocycles. The molecule has 0 aromatic heterocycles. The Morgan fingerprint density at radius 2 is 1.81 bits per heavy atom. The zero-order valence-electron chi connectivity index (χ0n) is 19.7. The summed E-state index contributed by atoms with van der Waals surface area (Å²) in [7, 11) is 0. The van der Waals surface area contributed by atoms with Gasteiger partial charge in [0.25, 0.3) is 11.1 Å². The molecule has 1 fully saturated rings. The Bertz CT molecular complexity index is 1410. The van der Waals surface area contributed by atoms with Crippen molar-refractivity contribution < 1.29 is 23.5 Å². The molecule has 0 bridgehead atoms. The largest absolute Gasteiger partial charge is 0.488 e. The van der Waals surface area contributed by atoms with Crippen LogP contribution in [-0.4, -0.2) is 39.9 Å². The summed E-state index contributed by atoms with van der Waals surface area (Å²) < 4.78 is 19.7. The minimum Gasteiger partial charge on any atom is -0.488 e. The van der Waals surface area contributed by atoms with E-state index in [1.165, 1.54) is 17.7 Å². The van der Waals surface area contributed by atoms with Crippen LogP contribution < -0.4 is 4.74 Å². The smallest absolute Gasteiger partial charge is 0.294 e. The van der Waals surface area contributed by atoms with Gasteiger partial charge in [0.1, 0.15) is 24.7 Å². The van der Waals surface area contributed by atoms with Crippen LogP contribution in [0.4, 0.5) is 9.18 Å². The van der Waals surface area contributed by atoms with E-state index in [-0.39, 0.29) is 23.2 Å². The lowest BCUT2D eigenvalue weighted by molar-refractivity contribution is -0.136. The van der Waals surface area contributed by atoms with Gasteiger partial charge in [-0.05, 0) is 93.4 Å². The Morgan fingerprint density at radius 1 is 1.05 bits per heavy atom. The number of ether oxygens (including phenoxy) is 1. The Kier molecular flexibility index (Phi) is 7.61. The van der Waals surface area contributed by atoms with Crippen molar-refractivity contribution in [2.45, 2.75) is 19.6 Å². The van der Waals surface area contributed by atoms with Crippen molar-refractivity contribution in [2.75, 3.05) is 13.1 Å². The van der Waals surface area contributed by atoms with E-state index in [1.54, 1.807) is 35.2 Å². The van der Waals surface area contributed by atoms with Crippen LogP contribution in [0, 0.1) is 9.39 Å². The number of carbonyl (C=O) groups is 3. The van der Waals surface area contributed by atoms with E-state index in [9.17, 15) is 18.8 Å². The molecule has 1 saturated heterocycles. The lowest BCUT2D eigenvalue weighted by atomic mass is 10.00. The summed E-state index contributed by atoms with van der Waals surface area (Å²) in [6.07, 6.45) is 2.41. The molecule has 188 valence electrons. The number of hydrogen-bond acceptors (Lipinski definition) is 5. The molecule has 0 unspecified atom stereocenters. The monoisotopic (exact) mass is 628 g/mol. The number of amides is 3. The van der Waals surface area contributed by atoms with E-state index >= 15 is 0 Å². The number of fused-ring (bicyclic) bond motifs is 1. The molecule has 0 spiro atoms. The van der Waals surface area contributed by atoms with Gasteiger partial charge in [0.15, 0.2) is 0 Å². The van der Waals surface area contributed by atoms with Crippen LogP contribution in [0.3, 0.4) is 0 Å². The predicted molar refractivity (Wildman–Crippen MR) is 148 cm³/mol. The summed E-state index contributed by atoms with van der Waals surface area (Å²) in [6, 6.07) is 19.5. The summed E-state index contributed by atoms with van der Waals surface area (Å²) in [6.45, 7) is 1.08. The van der Waals surface area contributed by atoms with E-state index in [0.717, 1.165) is 43.3 Å². The second-order valence-electron chi connectivity index (χ2n) is 8.71. The van der Waals surface area contributed by atoms with Crippen LogP contribution in [0.2, 0.25) is 0 Å².